The molecule has 5 heteroatoms. The van der Waals surface area contributed by atoms with Crippen molar-refractivity contribution in [2.45, 2.75) is 60.8 Å². The molecular formula is C24H31NO4. The first-order valence-electron chi connectivity index (χ1n) is 10.4. The Morgan fingerprint density at radius 2 is 1.97 bits per heavy atom. The summed E-state index contributed by atoms with van der Waals surface area (Å²) in [5.41, 5.74) is 2.96. The molecule has 5 nitrogen and oxygen atoms in total. The van der Waals surface area contributed by atoms with Gasteiger partial charge in [-0.15, -0.1) is 0 Å². The van der Waals surface area contributed by atoms with E-state index in [0.29, 0.717) is 12.3 Å². The highest BCUT2D eigenvalue weighted by molar-refractivity contribution is 6.11. The standard InChI is InChI=1S/C24H31NO4/c1-22(2,3)13-20(26)29-25-21-16(17-9-10-24(21,6)23(17,4)5)11-15-7-8-18-19(12-15)28-14-27-18/h7-8,11-12,17H,9-10,13-14H2,1-6H3/b16-11+,25-21+/t17-,24-/m1/s1. The van der Waals surface area contributed by atoms with Gasteiger partial charge in [0.25, 0.3) is 0 Å². The SMILES string of the molecule is CC(C)(C)CC(=O)O/N=C1\C(=C\c2ccc3c(c2)OCO3)[C@H]2CC[C@@]1(C)C2(C)C. The first kappa shape index (κ1) is 20.0. The summed E-state index contributed by atoms with van der Waals surface area (Å²) < 4.78 is 11.0. The van der Waals surface area contributed by atoms with Crippen LogP contribution in [0.2, 0.25) is 0 Å². The van der Waals surface area contributed by atoms with Gasteiger partial charge < -0.3 is 14.3 Å². The average Bonchev–Trinajstić information content (AvgIpc) is 3.19. The molecule has 0 saturated heterocycles. The summed E-state index contributed by atoms with van der Waals surface area (Å²) in [5.74, 6) is 1.65. The van der Waals surface area contributed by atoms with E-state index in [9.17, 15) is 4.79 Å². The van der Waals surface area contributed by atoms with Crippen LogP contribution in [0.4, 0.5) is 0 Å². The molecule has 0 spiro atoms. The van der Waals surface area contributed by atoms with E-state index < -0.39 is 0 Å². The Hall–Kier alpha value is -2.30. The Labute approximate surface area is 173 Å². The minimum atomic E-state index is -0.281. The number of fused-ring (bicyclic) bond motifs is 3. The maximum Gasteiger partial charge on any atom is 0.335 e. The Morgan fingerprint density at radius 3 is 2.69 bits per heavy atom. The van der Waals surface area contributed by atoms with Gasteiger partial charge in [0.1, 0.15) is 0 Å². The molecule has 1 aliphatic heterocycles. The molecule has 4 rings (SSSR count). The van der Waals surface area contributed by atoms with E-state index >= 15 is 0 Å². The number of hydrogen-bond acceptors (Lipinski definition) is 5. The highest BCUT2D eigenvalue weighted by Gasteiger charge is 2.63. The molecule has 156 valence electrons. The van der Waals surface area contributed by atoms with Crippen molar-refractivity contribution in [2.75, 3.05) is 6.79 Å². The van der Waals surface area contributed by atoms with Crippen molar-refractivity contribution in [2.24, 2.45) is 27.3 Å². The summed E-state index contributed by atoms with van der Waals surface area (Å²) in [6, 6.07) is 5.97. The van der Waals surface area contributed by atoms with Crippen LogP contribution in [0.25, 0.3) is 6.08 Å². The molecule has 29 heavy (non-hydrogen) atoms. The average molecular weight is 398 g/mol. The first-order chi connectivity index (χ1) is 13.5. The fourth-order valence-electron chi connectivity index (χ4n) is 5.02. The molecule has 0 aromatic heterocycles. The molecule has 2 atom stereocenters. The summed E-state index contributed by atoms with van der Waals surface area (Å²) in [7, 11) is 0. The summed E-state index contributed by atoms with van der Waals surface area (Å²) in [5, 5.41) is 4.45. The molecule has 1 heterocycles. The molecule has 2 saturated carbocycles. The van der Waals surface area contributed by atoms with Crippen LogP contribution in [0.1, 0.15) is 66.4 Å². The summed E-state index contributed by atoms with van der Waals surface area (Å²) in [4.78, 5) is 17.7. The highest BCUT2D eigenvalue weighted by Crippen LogP contribution is 2.66. The normalized spacial score (nSPS) is 29.7. The predicted octanol–water partition coefficient (Wildman–Crippen LogP) is 5.59. The van der Waals surface area contributed by atoms with Crippen molar-refractivity contribution in [3.63, 3.8) is 0 Å². The molecule has 1 aromatic rings. The van der Waals surface area contributed by atoms with Gasteiger partial charge in [-0.3, -0.25) is 0 Å². The monoisotopic (exact) mass is 397 g/mol. The molecule has 1 aromatic carbocycles. The zero-order valence-electron chi connectivity index (χ0n) is 18.3. The van der Waals surface area contributed by atoms with Gasteiger partial charge in [-0.25, -0.2) is 4.79 Å². The second kappa shape index (κ2) is 6.61. The van der Waals surface area contributed by atoms with Crippen LogP contribution < -0.4 is 9.47 Å². The van der Waals surface area contributed by atoms with E-state index in [1.807, 2.05) is 39.0 Å². The molecule has 0 radical (unpaired) electrons. The van der Waals surface area contributed by atoms with Gasteiger partial charge in [0.2, 0.25) is 6.79 Å². The number of ether oxygens (including phenoxy) is 2. The summed E-state index contributed by atoms with van der Waals surface area (Å²) in [6.07, 6.45) is 4.69. The summed E-state index contributed by atoms with van der Waals surface area (Å²) >= 11 is 0. The Bertz CT molecular complexity index is 906. The minimum absolute atomic E-state index is 0.0600. The van der Waals surface area contributed by atoms with Gasteiger partial charge in [-0.1, -0.05) is 52.8 Å². The maximum atomic E-state index is 12.3. The van der Waals surface area contributed by atoms with Gasteiger partial charge in [0.05, 0.1) is 12.1 Å². The lowest BCUT2D eigenvalue weighted by Gasteiger charge is -2.33. The van der Waals surface area contributed by atoms with E-state index in [1.54, 1.807) is 0 Å². The smallest absolute Gasteiger partial charge is 0.335 e. The number of carbonyl (C=O) groups is 1. The van der Waals surface area contributed by atoms with Gasteiger partial charge >= 0.3 is 5.97 Å². The Morgan fingerprint density at radius 1 is 1.24 bits per heavy atom. The third kappa shape index (κ3) is 3.34. The van der Waals surface area contributed by atoms with Crippen LogP contribution in [-0.4, -0.2) is 18.5 Å². The quantitative estimate of drug-likeness (QED) is 0.493. The number of oxime groups is 1. The van der Waals surface area contributed by atoms with Crippen LogP contribution in [0.5, 0.6) is 11.5 Å². The molecular weight excluding hydrogens is 366 g/mol. The van der Waals surface area contributed by atoms with Gasteiger partial charge in [-0.2, -0.15) is 0 Å². The fourth-order valence-corrected chi connectivity index (χ4v) is 5.02. The third-order valence-corrected chi connectivity index (χ3v) is 7.03. The highest BCUT2D eigenvalue weighted by atomic mass is 16.7. The van der Waals surface area contributed by atoms with Gasteiger partial charge in [-0.05, 0) is 58.9 Å². The lowest BCUT2D eigenvalue weighted by molar-refractivity contribution is -0.145. The first-order valence-corrected chi connectivity index (χ1v) is 10.4. The molecule has 2 fully saturated rings. The van der Waals surface area contributed by atoms with Crippen molar-refractivity contribution < 1.29 is 19.1 Å². The van der Waals surface area contributed by atoms with Crippen molar-refractivity contribution in [3.8, 4) is 11.5 Å². The fraction of sp³-hybridized carbons (Fsp3) is 0.583. The van der Waals surface area contributed by atoms with Crippen LogP contribution >= 0.6 is 0 Å². The van der Waals surface area contributed by atoms with Crippen molar-refractivity contribution in [1.29, 1.82) is 0 Å². The third-order valence-electron chi connectivity index (χ3n) is 7.03. The maximum absolute atomic E-state index is 12.3. The molecule has 3 aliphatic rings. The lowest BCUT2D eigenvalue weighted by Crippen LogP contribution is -2.33. The number of rotatable bonds is 3. The van der Waals surface area contributed by atoms with E-state index in [-0.39, 0.29) is 29.0 Å². The van der Waals surface area contributed by atoms with Crippen LogP contribution in [0.3, 0.4) is 0 Å². The van der Waals surface area contributed by atoms with E-state index in [0.717, 1.165) is 35.6 Å². The van der Waals surface area contributed by atoms with Crippen molar-refractivity contribution >= 4 is 17.8 Å². The second-order valence-electron chi connectivity index (χ2n) is 10.5. The molecule has 2 bridgehead atoms. The van der Waals surface area contributed by atoms with E-state index in [2.05, 4.69) is 32.0 Å². The largest absolute Gasteiger partial charge is 0.454 e. The molecule has 0 amide bonds. The summed E-state index contributed by atoms with van der Waals surface area (Å²) in [6.45, 7) is 13.2. The van der Waals surface area contributed by atoms with Crippen molar-refractivity contribution in [3.05, 3.63) is 29.3 Å². The number of carbonyl (C=O) groups excluding carboxylic acids is 1. The number of hydrogen-bond donors (Lipinski definition) is 0. The number of benzene rings is 1. The zero-order chi connectivity index (χ0) is 21.0. The Balaban J connectivity index is 1.69. The Kier molecular flexibility index (Phi) is 4.56. The second-order valence-corrected chi connectivity index (χ2v) is 10.5. The van der Waals surface area contributed by atoms with Gasteiger partial charge in [0.15, 0.2) is 11.5 Å². The number of allylic oxidation sites excluding steroid dienone is 1. The van der Waals surface area contributed by atoms with Crippen LogP contribution in [0, 0.1) is 22.2 Å². The van der Waals surface area contributed by atoms with Gasteiger partial charge in [0, 0.05) is 5.41 Å². The molecule has 2 aliphatic carbocycles. The molecule has 0 N–H and O–H groups in total. The number of nitrogens with zero attached hydrogens (tertiary/aromatic N) is 1. The van der Waals surface area contributed by atoms with E-state index in [4.69, 9.17) is 14.3 Å². The molecule has 0 unspecified atom stereocenters. The van der Waals surface area contributed by atoms with Crippen LogP contribution in [0.15, 0.2) is 28.9 Å². The minimum Gasteiger partial charge on any atom is -0.454 e. The topological polar surface area (TPSA) is 57.1 Å². The van der Waals surface area contributed by atoms with E-state index in [1.165, 1.54) is 5.57 Å². The zero-order valence-corrected chi connectivity index (χ0v) is 18.3. The van der Waals surface area contributed by atoms with Crippen molar-refractivity contribution in [1.82, 2.24) is 0 Å². The lowest BCUT2D eigenvalue weighted by atomic mass is 9.70. The predicted molar refractivity (Wildman–Crippen MR) is 113 cm³/mol. The van der Waals surface area contributed by atoms with Crippen LogP contribution in [-0.2, 0) is 9.63 Å².